The molecule has 5 nitrogen and oxygen atoms in total. The van der Waals surface area contributed by atoms with Gasteiger partial charge in [0.2, 0.25) is 11.8 Å². The average Bonchev–Trinajstić information content (AvgIpc) is 2.75. The van der Waals surface area contributed by atoms with Gasteiger partial charge in [-0.3, -0.25) is 9.59 Å². The number of hydrogen-bond acceptors (Lipinski definition) is 4. The van der Waals surface area contributed by atoms with Gasteiger partial charge < -0.3 is 15.4 Å². The fourth-order valence-corrected chi connectivity index (χ4v) is 3.82. The minimum atomic E-state index is -0.163. The minimum Gasteiger partial charge on any atom is -0.495 e. The Labute approximate surface area is 191 Å². The SMILES string of the molecule is COc1cc(Cl)c(C)cc1NC(=O)CSc1cccc(NC(=O)Cc2ccccc2)c1. The quantitative estimate of drug-likeness (QED) is 0.437. The van der Waals surface area contributed by atoms with Crippen LogP contribution in [-0.2, 0) is 16.0 Å². The zero-order valence-corrected chi connectivity index (χ0v) is 18.8. The summed E-state index contributed by atoms with van der Waals surface area (Å²) in [4.78, 5) is 25.6. The number of carbonyl (C=O) groups excluding carboxylic acids is 2. The number of amides is 2. The second-order valence-corrected chi connectivity index (χ2v) is 8.33. The Morgan fingerprint density at radius 1 is 0.968 bits per heavy atom. The highest BCUT2D eigenvalue weighted by molar-refractivity contribution is 8.00. The lowest BCUT2D eigenvalue weighted by atomic mass is 10.1. The number of ether oxygens (including phenoxy) is 1. The van der Waals surface area contributed by atoms with E-state index < -0.39 is 0 Å². The summed E-state index contributed by atoms with van der Waals surface area (Å²) < 4.78 is 5.29. The molecule has 3 aromatic rings. The summed E-state index contributed by atoms with van der Waals surface area (Å²) in [5.74, 6) is 0.476. The van der Waals surface area contributed by atoms with Crippen LogP contribution in [0.5, 0.6) is 5.75 Å². The number of carbonyl (C=O) groups is 2. The highest BCUT2D eigenvalue weighted by atomic mass is 35.5. The van der Waals surface area contributed by atoms with Crippen LogP contribution in [0.15, 0.2) is 71.6 Å². The molecule has 3 aromatic carbocycles. The number of benzene rings is 3. The summed E-state index contributed by atoms with van der Waals surface area (Å²) in [7, 11) is 1.53. The van der Waals surface area contributed by atoms with Crippen molar-refractivity contribution in [1.29, 1.82) is 0 Å². The maximum atomic E-state index is 12.4. The van der Waals surface area contributed by atoms with Crippen LogP contribution in [0.4, 0.5) is 11.4 Å². The van der Waals surface area contributed by atoms with Gasteiger partial charge in [0.05, 0.1) is 25.0 Å². The number of hydrogen-bond donors (Lipinski definition) is 2. The van der Waals surface area contributed by atoms with E-state index in [1.165, 1.54) is 18.9 Å². The molecule has 0 fully saturated rings. The molecule has 2 amide bonds. The second-order valence-electron chi connectivity index (χ2n) is 6.88. The molecule has 0 radical (unpaired) electrons. The fourth-order valence-electron chi connectivity index (χ4n) is 2.92. The van der Waals surface area contributed by atoms with Gasteiger partial charge in [0.25, 0.3) is 0 Å². The van der Waals surface area contributed by atoms with Gasteiger partial charge in [-0.05, 0) is 42.3 Å². The van der Waals surface area contributed by atoms with Crippen molar-refractivity contribution in [1.82, 2.24) is 0 Å². The molecule has 0 spiro atoms. The average molecular weight is 455 g/mol. The first kappa shape index (κ1) is 22.7. The fraction of sp³-hybridized carbons (Fsp3) is 0.167. The van der Waals surface area contributed by atoms with Crippen LogP contribution in [-0.4, -0.2) is 24.7 Å². The van der Waals surface area contributed by atoms with Gasteiger partial charge in [0, 0.05) is 21.7 Å². The molecular formula is C24H23ClN2O3S. The number of halogens is 1. The molecule has 0 unspecified atom stereocenters. The molecular weight excluding hydrogens is 432 g/mol. The van der Waals surface area contributed by atoms with E-state index in [9.17, 15) is 9.59 Å². The Morgan fingerprint density at radius 3 is 2.48 bits per heavy atom. The third-order valence-corrected chi connectivity index (χ3v) is 5.85. The van der Waals surface area contributed by atoms with Crippen LogP contribution in [0.1, 0.15) is 11.1 Å². The van der Waals surface area contributed by atoms with E-state index in [0.29, 0.717) is 28.6 Å². The molecule has 0 atom stereocenters. The van der Waals surface area contributed by atoms with Crippen molar-refractivity contribution in [3.63, 3.8) is 0 Å². The van der Waals surface area contributed by atoms with Crippen molar-refractivity contribution < 1.29 is 14.3 Å². The second kappa shape index (κ2) is 10.9. The van der Waals surface area contributed by atoms with E-state index in [4.69, 9.17) is 16.3 Å². The van der Waals surface area contributed by atoms with Crippen molar-refractivity contribution in [3.05, 3.63) is 82.9 Å². The van der Waals surface area contributed by atoms with Crippen LogP contribution >= 0.6 is 23.4 Å². The first-order chi connectivity index (χ1) is 14.9. The van der Waals surface area contributed by atoms with Gasteiger partial charge >= 0.3 is 0 Å². The largest absolute Gasteiger partial charge is 0.495 e. The van der Waals surface area contributed by atoms with Gasteiger partial charge in [-0.1, -0.05) is 48.0 Å². The molecule has 0 saturated carbocycles. The number of methoxy groups -OCH3 is 1. The van der Waals surface area contributed by atoms with Crippen LogP contribution in [0, 0.1) is 6.92 Å². The molecule has 3 rings (SSSR count). The van der Waals surface area contributed by atoms with Crippen LogP contribution in [0.2, 0.25) is 5.02 Å². The Balaban J connectivity index is 1.56. The molecule has 0 aliphatic carbocycles. The Morgan fingerprint density at radius 2 is 1.74 bits per heavy atom. The van der Waals surface area contributed by atoms with E-state index in [2.05, 4.69) is 10.6 Å². The molecule has 31 heavy (non-hydrogen) atoms. The lowest BCUT2D eigenvalue weighted by Gasteiger charge is -2.12. The number of thioether (sulfide) groups is 1. The van der Waals surface area contributed by atoms with E-state index in [1.807, 2.05) is 61.5 Å². The molecule has 0 heterocycles. The third kappa shape index (κ3) is 6.77. The van der Waals surface area contributed by atoms with E-state index in [0.717, 1.165) is 16.0 Å². The van der Waals surface area contributed by atoms with Gasteiger partial charge in [0.1, 0.15) is 5.75 Å². The maximum Gasteiger partial charge on any atom is 0.234 e. The Kier molecular flexibility index (Phi) is 7.98. The zero-order chi connectivity index (χ0) is 22.2. The molecule has 2 N–H and O–H groups in total. The molecule has 0 bridgehead atoms. The number of rotatable bonds is 8. The van der Waals surface area contributed by atoms with E-state index in [-0.39, 0.29) is 17.6 Å². The lowest BCUT2D eigenvalue weighted by Crippen LogP contribution is -2.15. The topological polar surface area (TPSA) is 67.4 Å². The number of anilines is 2. The van der Waals surface area contributed by atoms with Crippen molar-refractivity contribution in [2.75, 3.05) is 23.5 Å². The molecule has 0 aliphatic rings. The smallest absolute Gasteiger partial charge is 0.234 e. The first-order valence-corrected chi connectivity index (χ1v) is 11.0. The normalized spacial score (nSPS) is 10.4. The minimum absolute atomic E-state index is 0.0868. The van der Waals surface area contributed by atoms with Crippen LogP contribution in [0.3, 0.4) is 0 Å². The van der Waals surface area contributed by atoms with Gasteiger partial charge in [-0.2, -0.15) is 0 Å². The van der Waals surface area contributed by atoms with Gasteiger partial charge in [-0.25, -0.2) is 0 Å². The van der Waals surface area contributed by atoms with Gasteiger partial charge in [0.15, 0.2) is 0 Å². The van der Waals surface area contributed by atoms with Gasteiger partial charge in [-0.15, -0.1) is 11.8 Å². The summed E-state index contributed by atoms with van der Waals surface area (Å²) in [6.07, 6.45) is 0.308. The summed E-state index contributed by atoms with van der Waals surface area (Å²) >= 11 is 7.50. The third-order valence-electron chi connectivity index (χ3n) is 4.45. The Bertz CT molecular complexity index is 1070. The van der Waals surface area contributed by atoms with Crippen LogP contribution in [0.25, 0.3) is 0 Å². The highest BCUT2D eigenvalue weighted by Gasteiger charge is 2.11. The number of nitrogens with one attached hydrogen (secondary N) is 2. The predicted molar refractivity (Wildman–Crippen MR) is 127 cm³/mol. The zero-order valence-electron chi connectivity index (χ0n) is 17.3. The molecule has 160 valence electrons. The van der Waals surface area contributed by atoms with Crippen LogP contribution < -0.4 is 15.4 Å². The van der Waals surface area contributed by atoms with Crippen molar-refractivity contribution >= 4 is 46.6 Å². The molecule has 7 heteroatoms. The lowest BCUT2D eigenvalue weighted by molar-refractivity contribution is -0.115. The summed E-state index contributed by atoms with van der Waals surface area (Å²) in [5.41, 5.74) is 3.08. The predicted octanol–water partition coefficient (Wildman–Crippen LogP) is 5.57. The summed E-state index contributed by atoms with van der Waals surface area (Å²) in [6.45, 7) is 1.86. The van der Waals surface area contributed by atoms with E-state index in [1.54, 1.807) is 12.1 Å². The van der Waals surface area contributed by atoms with Crippen molar-refractivity contribution in [2.45, 2.75) is 18.2 Å². The maximum absolute atomic E-state index is 12.4. The Hall–Kier alpha value is -2.96. The standard InChI is InChI=1S/C24H23ClN2O3S/c1-16-11-21(22(30-2)14-20(16)25)27-24(29)15-31-19-10-6-9-18(13-19)26-23(28)12-17-7-4-3-5-8-17/h3-11,13-14H,12,15H2,1-2H3,(H,26,28)(H,27,29). The monoisotopic (exact) mass is 454 g/mol. The highest BCUT2D eigenvalue weighted by Crippen LogP contribution is 2.31. The van der Waals surface area contributed by atoms with Crippen molar-refractivity contribution in [2.24, 2.45) is 0 Å². The molecule has 0 aliphatic heterocycles. The molecule has 0 saturated heterocycles. The van der Waals surface area contributed by atoms with Crippen molar-refractivity contribution in [3.8, 4) is 5.75 Å². The summed E-state index contributed by atoms with van der Waals surface area (Å²) in [5, 5.41) is 6.34. The summed E-state index contributed by atoms with van der Waals surface area (Å²) in [6, 6.07) is 20.5. The molecule has 0 aromatic heterocycles. The van der Waals surface area contributed by atoms with E-state index >= 15 is 0 Å². The number of aryl methyl sites for hydroxylation is 1. The first-order valence-electron chi connectivity index (χ1n) is 9.65.